The maximum atomic E-state index is 13.7. The molecule has 0 aliphatic carbocycles. The molecule has 0 bridgehead atoms. The molecular weight excluding hydrogens is 243 g/mol. The molecule has 0 amide bonds. The van der Waals surface area contributed by atoms with Gasteiger partial charge in [0.2, 0.25) is 0 Å². The van der Waals surface area contributed by atoms with Crippen molar-refractivity contribution in [1.82, 2.24) is 10.2 Å². The van der Waals surface area contributed by atoms with E-state index in [1.54, 1.807) is 6.07 Å². The van der Waals surface area contributed by atoms with Crippen molar-refractivity contribution in [1.29, 1.82) is 0 Å². The summed E-state index contributed by atoms with van der Waals surface area (Å²) in [4.78, 5) is 2.37. The summed E-state index contributed by atoms with van der Waals surface area (Å²) in [6.07, 6.45) is 1.15. The number of aromatic hydroxyl groups is 1. The van der Waals surface area contributed by atoms with Crippen LogP contribution in [0.3, 0.4) is 0 Å². The minimum atomic E-state index is -0.360. The van der Waals surface area contributed by atoms with E-state index in [1.807, 2.05) is 6.92 Å². The fourth-order valence-corrected chi connectivity index (χ4v) is 2.16. The summed E-state index contributed by atoms with van der Waals surface area (Å²) in [6, 6.07) is 4.25. The Balaban J connectivity index is 2.44. The second-order valence-electron chi connectivity index (χ2n) is 4.82. The second-order valence-corrected chi connectivity index (χ2v) is 4.82. The number of phenolic OH excluding ortho intramolecular Hbond substituents is 1. The highest BCUT2D eigenvalue weighted by Crippen LogP contribution is 2.20. The van der Waals surface area contributed by atoms with Gasteiger partial charge in [0, 0.05) is 30.8 Å². The van der Waals surface area contributed by atoms with Crippen LogP contribution in [0.25, 0.3) is 0 Å². The molecule has 0 radical (unpaired) electrons. The first-order valence-corrected chi connectivity index (χ1v) is 7.02. The molecule has 4 heteroatoms. The molecule has 0 heterocycles. The predicted molar refractivity (Wildman–Crippen MR) is 76.9 cm³/mol. The van der Waals surface area contributed by atoms with Crippen molar-refractivity contribution in [3.05, 3.63) is 29.6 Å². The van der Waals surface area contributed by atoms with Gasteiger partial charge in [-0.2, -0.15) is 0 Å². The minimum Gasteiger partial charge on any atom is -0.508 e. The molecule has 0 aromatic heterocycles. The standard InChI is InChI=1S/C15H25FN2O/c1-4-9-18(5-2)10-8-17-12(3)14-7-6-13(19)11-15(14)16/h6-7,11-12,17,19H,4-5,8-10H2,1-3H3. The van der Waals surface area contributed by atoms with Crippen LogP contribution in [0.5, 0.6) is 5.75 Å². The SMILES string of the molecule is CCCN(CC)CCNC(C)c1ccc(O)cc1F. The Kier molecular flexibility index (Phi) is 6.81. The zero-order chi connectivity index (χ0) is 14.3. The summed E-state index contributed by atoms with van der Waals surface area (Å²) in [5.74, 6) is -0.394. The average Bonchev–Trinajstić information content (AvgIpc) is 2.37. The lowest BCUT2D eigenvalue weighted by atomic mass is 10.1. The highest BCUT2D eigenvalue weighted by molar-refractivity contribution is 5.29. The summed E-state index contributed by atoms with van der Waals surface area (Å²) >= 11 is 0. The molecule has 3 nitrogen and oxygen atoms in total. The lowest BCUT2D eigenvalue weighted by Crippen LogP contribution is -2.33. The van der Waals surface area contributed by atoms with Crippen molar-refractivity contribution in [3.63, 3.8) is 0 Å². The van der Waals surface area contributed by atoms with Gasteiger partial charge in [0.15, 0.2) is 0 Å². The van der Waals surface area contributed by atoms with Crippen LogP contribution in [-0.4, -0.2) is 36.2 Å². The van der Waals surface area contributed by atoms with Gasteiger partial charge in [0.05, 0.1) is 0 Å². The molecule has 108 valence electrons. The van der Waals surface area contributed by atoms with E-state index in [0.29, 0.717) is 5.56 Å². The number of likely N-dealkylation sites (N-methyl/N-ethyl adjacent to an activating group) is 1. The Morgan fingerprint density at radius 1 is 1.32 bits per heavy atom. The van der Waals surface area contributed by atoms with Crippen LogP contribution in [0, 0.1) is 5.82 Å². The third kappa shape index (κ3) is 5.17. The highest BCUT2D eigenvalue weighted by Gasteiger charge is 2.11. The highest BCUT2D eigenvalue weighted by atomic mass is 19.1. The summed E-state index contributed by atoms with van der Waals surface area (Å²) in [5.41, 5.74) is 0.594. The largest absolute Gasteiger partial charge is 0.508 e. The lowest BCUT2D eigenvalue weighted by Gasteiger charge is -2.21. The van der Waals surface area contributed by atoms with Crippen LogP contribution < -0.4 is 5.32 Å². The molecule has 1 aromatic carbocycles. The normalized spacial score (nSPS) is 12.9. The second kappa shape index (κ2) is 8.12. The Labute approximate surface area is 115 Å². The number of benzene rings is 1. The number of hydrogen-bond donors (Lipinski definition) is 2. The fourth-order valence-electron chi connectivity index (χ4n) is 2.16. The zero-order valence-electron chi connectivity index (χ0n) is 12.1. The van der Waals surface area contributed by atoms with Crippen molar-refractivity contribution in [2.75, 3.05) is 26.2 Å². The molecule has 0 spiro atoms. The number of rotatable bonds is 8. The topological polar surface area (TPSA) is 35.5 Å². The Morgan fingerprint density at radius 2 is 2.05 bits per heavy atom. The molecule has 2 N–H and O–H groups in total. The van der Waals surface area contributed by atoms with E-state index in [-0.39, 0.29) is 17.6 Å². The van der Waals surface area contributed by atoms with Crippen molar-refractivity contribution < 1.29 is 9.50 Å². The van der Waals surface area contributed by atoms with E-state index in [4.69, 9.17) is 0 Å². The van der Waals surface area contributed by atoms with E-state index in [1.165, 1.54) is 6.07 Å². The van der Waals surface area contributed by atoms with Crippen LogP contribution >= 0.6 is 0 Å². The first-order chi connectivity index (χ1) is 9.08. The molecule has 1 rings (SSSR count). The average molecular weight is 268 g/mol. The fraction of sp³-hybridized carbons (Fsp3) is 0.600. The molecule has 0 aliphatic heterocycles. The van der Waals surface area contributed by atoms with Crippen LogP contribution in [0.2, 0.25) is 0 Å². The molecule has 0 aliphatic rings. The van der Waals surface area contributed by atoms with Gasteiger partial charge in [-0.15, -0.1) is 0 Å². The van der Waals surface area contributed by atoms with E-state index < -0.39 is 0 Å². The smallest absolute Gasteiger partial charge is 0.131 e. The molecule has 1 atom stereocenters. The van der Waals surface area contributed by atoms with Crippen LogP contribution in [0.15, 0.2) is 18.2 Å². The predicted octanol–water partition coefficient (Wildman–Crippen LogP) is 2.91. The van der Waals surface area contributed by atoms with Crippen molar-refractivity contribution in [2.45, 2.75) is 33.2 Å². The minimum absolute atomic E-state index is 0.0337. The number of halogens is 1. The molecular formula is C15H25FN2O. The zero-order valence-corrected chi connectivity index (χ0v) is 12.1. The Hall–Kier alpha value is -1.13. The number of nitrogens with one attached hydrogen (secondary N) is 1. The Bertz CT molecular complexity index is 384. The van der Waals surface area contributed by atoms with Crippen molar-refractivity contribution in [3.8, 4) is 5.75 Å². The van der Waals surface area contributed by atoms with Gasteiger partial charge in [-0.25, -0.2) is 4.39 Å². The van der Waals surface area contributed by atoms with Gasteiger partial charge in [-0.1, -0.05) is 19.9 Å². The summed E-state index contributed by atoms with van der Waals surface area (Å²) in [7, 11) is 0. The lowest BCUT2D eigenvalue weighted by molar-refractivity contribution is 0.283. The first-order valence-electron chi connectivity index (χ1n) is 7.02. The number of nitrogens with zero attached hydrogens (tertiary/aromatic N) is 1. The van der Waals surface area contributed by atoms with Gasteiger partial charge in [-0.3, -0.25) is 0 Å². The van der Waals surface area contributed by atoms with Crippen molar-refractivity contribution in [2.24, 2.45) is 0 Å². The molecule has 0 saturated heterocycles. The number of hydrogen-bond acceptors (Lipinski definition) is 3. The maximum absolute atomic E-state index is 13.7. The summed E-state index contributed by atoms with van der Waals surface area (Å²) in [6.45, 7) is 10.2. The van der Waals surface area contributed by atoms with Crippen LogP contribution in [-0.2, 0) is 0 Å². The molecule has 1 aromatic rings. The quantitative estimate of drug-likeness (QED) is 0.761. The maximum Gasteiger partial charge on any atom is 0.131 e. The summed E-state index contributed by atoms with van der Waals surface area (Å²) < 4.78 is 13.7. The van der Waals surface area contributed by atoms with E-state index in [9.17, 15) is 9.50 Å². The van der Waals surface area contributed by atoms with Crippen LogP contribution in [0.4, 0.5) is 4.39 Å². The molecule has 0 saturated carbocycles. The van der Waals surface area contributed by atoms with Crippen LogP contribution in [0.1, 0.15) is 38.8 Å². The number of phenols is 1. The van der Waals surface area contributed by atoms with Gasteiger partial charge in [0.1, 0.15) is 11.6 Å². The van der Waals surface area contributed by atoms with Gasteiger partial charge in [0.25, 0.3) is 0 Å². The van der Waals surface area contributed by atoms with Gasteiger partial charge < -0.3 is 15.3 Å². The third-order valence-electron chi connectivity index (χ3n) is 3.32. The van der Waals surface area contributed by atoms with Gasteiger partial charge >= 0.3 is 0 Å². The molecule has 1 unspecified atom stereocenters. The third-order valence-corrected chi connectivity index (χ3v) is 3.32. The molecule has 19 heavy (non-hydrogen) atoms. The summed E-state index contributed by atoms with van der Waals surface area (Å²) in [5, 5.41) is 12.5. The van der Waals surface area contributed by atoms with E-state index in [2.05, 4.69) is 24.1 Å². The van der Waals surface area contributed by atoms with Gasteiger partial charge in [-0.05, 0) is 32.5 Å². The first kappa shape index (κ1) is 15.9. The van der Waals surface area contributed by atoms with E-state index >= 15 is 0 Å². The Morgan fingerprint density at radius 3 is 2.63 bits per heavy atom. The monoisotopic (exact) mass is 268 g/mol. The van der Waals surface area contributed by atoms with Crippen molar-refractivity contribution >= 4 is 0 Å². The van der Waals surface area contributed by atoms with E-state index in [0.717, 1.165) is 38.7 Å². The molecule has 0 fully saturated rings.